The normalized spacial score (nSPS) is 10.5. The Morgan fingerprint density at radius 3 is 2.65 bits per heavy atom. The molecule has 0 radical (unpaired) electrons. The van der Waals surface area contributed by atoms with Gasteiger partial charge < -0.3 is 4.98 Å². The Balaban J connectivity index is 2.38. The minimum absolute atomic E-state index is 0.0540. The van der Waals surface area contributed by atoms with E-state index in [1.165, 1.54) is 11.1 Å². The average molecular weight is 340 g/mol. The van der Waals surface area contributed by atoms with Crippen molar-refractivity contribution in [3.8, 4) is 0 Å². The molecule has 0 saturated carbocycles. The van der Waals surface area contributed by atoms with Gasteiger partial charge in [-0.2, -0.15) is 0 Å². The molecule has 0 saturated heterocycles. The lowest BCUT2D eigenvalue weighted by Crippen LogP contribution is -2.17. The number of hydrogen-bond acceptors (Lipinski definition) is 2. The second-order valence-electron chi connectivity index (χ2n) is 4.02. The Morgan fingerprint density at radius 2 is 2.00 bits per heavy atom. The zero-order chi connectivity index (χ0) is 12.4. The van der Waals surface area contributed by atoms with Crippen LogP contribution in [0.25, 0.3) is 0 Å². The molecule has 0 aliphatic rings. The molecule has 2 rings (SSSR count). The number of aromatic nitrogens is 2. The van der Waals surface area contributed by atoms with E-state index in [-0.39, 0.29) is 5.56 Å². The van der Waals surface area contributed by atoms with Crippen LogP contribution in [0.5, 0.6) is 0 Å². The Kier molecular flexibility index (Phi) is 3.61. The van der Waals surface area contributed by atoms with Crippen molar-refractivity contribution >= 4 is 22.6 Å². The van der Waals surface area contributed by atoms with Crippen molar-refractivity contribution in [1.29, 1.82) is 0 Å². The maximum Gasteiger partial charge on any atom is 0.264 e. The number of aromatic amines is 1. The molecule has 1 N–H and O–H groups in total. The zero-order valence-electron chi connectivity index (χ0n) is 9.75. The predicted octanol–water partition coefficient (Wildman–Crippen LogP) is 2.58. The third kappa shape index (κ3) is 2.74. The molecule has 0 bridgehead atoms. The highest BCUT2D eigenvalue weighted by atomic mass is 127. The smallest absolute Gasteiger partial charge is 0.264 e. The molecule has 0 aliphatic carbocycles. The van der Waals surface area contributed by atoms with Crippen LogP contribution < -0.4 is 5.56 Å². The van der Waals surface area contributed by atoms with Crippen LogP contribution in [0.2, 0.25) is 0 Å². The van der Waals surface area contributed by atoms with Crippen LogP contribution in [-0.4, -0.2) is 9.97 Å². The monoisotopic (exact) mass is 340 g/mol. The van der Waals surface area contributed by atoms with Crippen LogP contribution >= 0.6 is 22.6 Å². The second-order valence-corrected chi connectivity index (χ2v) is 5.09. The molecule has 0 fully saturated rings. The van der Waals surface area contributed by atoms with Crippen molar-refractivity contribution in [1.82, 2.24) is 9.97 Å². The summed E-state index contributed by atoms with van der Waals surface area (Å²) in [6.07, 6.45) is 0.666. The number of halogens is 1. The molecule has 1 aromatic carbocycles. The third-order valence-electron chi connectivity index (χ3n) is 2.70. The lowest BCUT2D eigenvalue weighted by atomic mass is 10.1. The first-order valence-corrected chi connectivity index (χ1v) is 6.45. The van der Waals surface area contributed by atoms with E-state index in [0.29, 0.717) is 9.99 Å². The van der Waals surface area contributed by atoms with Crippen molar-refractivity contribution in [2.45, 2.75) is 20.3 Å². The van der Waals surface area contributed by atoms with Crippen molar-refractivity contribution in [2.24, 2.45) is 0 Å². The maximum absolute atomic E-state index is 11.6. The zero-order valence-corrected chi connectivity index (χ0v) is 11.9. The molecule has 0 atom stereocenters. The summed E-state index contributed by atoms with van der Waals surface area (Å²) in [4.78, 5) is 18.9. The summed E-state index contributed by atoms with van der Waals surface area (Å²) in [5.74, 6) is 0.724. The van der Waals surface area contributed by atoms with Crippen LogP contribution in [0.4, 0.5) is 0 Å². The van der Waals surface area contributed by atoms with Gasteiger partial charge in [0.1, 0.15) is 5.82 Å². The van der Waals surface area contributed by atoms with Crippen molar-refractivity contribution in [3.63, 3.8) is 0 Å². The molecule has 0 spiro atoms. The highest BCUT2D eigenvalue weighted by Crippen LogP contribution is 2.11. The number of benzene rings is 1. The number of hydrogen-bond donors (Lipinski definition) is 1. The second kappa shape index (κ2) is 5.00. The van der Waals surface area contributed by atoms with Crippen molar-refractivity contribution < 1.29 is 0 Å². The first kappa shape index (κ1) is 12.3. The Morgan fingerprint density at radius 1 is 1.29 bits per heavy atom. The highest BCUT2D eigenvalue weighted by molar-refractivity contribution is 14.1. The molecule has 1 heterocycles. The molecule has 0 aliphatic heterocycles. The van der Waals surface area contributed by atoms with Gasteiger partial charge in [-0.25, -0.2) is 4.98 Å². The third-order valence-corrected chi connectivity index (χ3v) is 3.97. The van der Waals surface area contributed by atoms with Crippen LogP contribution in [-0.2, 0) is 6.42 Å². The summed E-state index contributed by atoms with van der Waals surface area (Å²) >= 11 is 2.02. The molecule has 1 aromatic heterocycles. The SMILES string of the molecule is Cc1ccccc1Cc1nc(C)c(I)c(=O)[nH]1. The molecule has 2 aromatic rings. The summed E-state index contributed by atoms with van der Waals surface area (Å²) in [5, 5.41) is 0. The summed E-state index contributed by atoms with van der Waals surface area (Å²) in [5.41, 5.74) is 3.14. The van der Waals surface area contributed by atoms with Crippen LogP contribution in [0.15, 0.2) is 29.1 Å². The quantitative estimate of drug-likeness (QED) is 0.855. The summed E-state index contributed by atoms with van der Waals surface area (Å²) in [7, 11) is 0. The van der Waals surface area contributed by atoms with E-state index < -0.39 is 0 Å². The molecular weight excluding hydrogens is 327 g/mol. The fraction of sp³-hybridized carbons (Fsp3) is 0.231. The number of nitrogens with zero attached hydrogens (tertiary/aromatic N) is 1. The largest absolute Gasteiger partial charge is 0.309 e. The van der Waals surface area contributed by atoms with Crippen LogP contribution in [0, 0.1) is 17.4 Å². The molecule has 0 unspecified atom stereocenters. The van der Waals surface area contributed by atoms with E-state index in [4.69, 9.17) is 0 Å². The fourth-order valence-corrected chi connectivity index (χ4v) is 1.96. The minimum atomic E-state index is -0.0540. The molecule has 3 nitrogen and oxygen atoms in total. The van der Waals surface area contributed by atoms with Gasteiger partial charge in [0.2, 0.25) is 0 Å². The van der Waals surface area contributed by atoms with Crippen LogP contribution in [0.1, 0.15) is 22.6 Å². The Labute approximate surface area is 113 Å². The van der Waals surface area contributed by atoms with E-state index >= 15 is 0 Å². The van der Waals surface area contributed by atoms with Gasteiger partial charge in [-0.1, -0.05) is 24.3 Å². The van der Waals surface area contributed by atoms with Crippen molar-refractivity contribution in [3.05, 3.63) is 60.8 Å². The number of rotatable bonds is 2. The summed E-state index contributed by atoms with van der Waals surface area (Å²) in [6.45, 7) is 3.92. The average Bonchev–Trinajstić information content (AvgIpc) is 2.29. The first-order valence-electron chi connectivity index (χ1n) is 5.37. The maximum atomic E-state index is 11.6. The van der Waals surface area contributed by atoms with E-state index in [9.17, 15) is 4.79 Å². The molecule has 4 heteroatoms. The molecule has 88 valence electrons. The Bertz CT molecular complexity index is 605. The van der Waals surface area contributed by atoms with Gasteiger partial charge in [-0.3, -0.25) is 4.79 Å². The van der Waals surface area contributed by atoms with E-state index in [1.807, 2.05) is 41.6 Å². The number of aryl methyl sites for hydroxylation is 2. The lowest BCUT2D eigenvalue weighted by molar-refractivity contribution is 0.906. The van der Waals surface area contributed by atoms with Gasteiger partial charge >= 0.3 is 0 Å². The highest BCUT2D eigenvalue weighted by Gasteiger charge is 2.06. The lowest BCUT2D eigenvalue weighted by Gasteiger charge is -2.06. The molecule has 0 amide bonds. The molecular formula is C13H13IN2O. The number of H-pyrrole nitrogens is 1. The van der Waals surface area contributed by atoms with Crippen LogP contribution in [0.3, 0.4) is 0 Å². The van der Waals surface area contributed by atoms with E-state index in [0.717, 1.165) is 11.5 Å². The van der Waals surface area contributed by atoms with Gasteiger partial charge in [-0.15, -0.1) is 0 Å². The number of nitrogens with one attached hydrogen (secondary N) is 1. The minimum Gasteiger partial charge on any atom is -0.309 e. The van der Waals surface area contributed by atoms with E-state index in [2.05, 4.69) is 29.0 Å². The summed E-state index contributed by atoms with van der Waals surface area (Å²) < 4.78 is 0.663. The standard InChI is InChI=1S/C13H13IN2O/c1-8-5-3-4-6-10(8)7-11-15-9(2)12(14)13(17)16-11/h3-6H,7H2,1-2H3,(H,15,16,17). The topological polar surface area (TPSA) is 45.8 Å². The van der Waals surface area contributed by atoms with E-state index in [1.54, 1.807) is 0 Å². The molecule has 17 heavy (non-hydrogen) atoms. The van der Waals surface area contributed by atoms with Gasteiger partial charge in [0.25, 0.3) is 5.56 Å². The Hall–Kier alpha value is -1.17. The van der Waals surface area contributed by atoms with Crippen molar-refractivity contribution in [2.75, 3.05) is 0 Å². The first-order chi connectivity index (χ1) is 8.08. The fourth-order valence-electron chi connectivity index (χ4n) is 1.70. The van der Waals surface area contributed by atoms with Gasteiger partial charge in [0.05, 0.1) is 9.26 Å². The summed E-state index contributed by atoms with van der Waals surface area (Å²) in [6, 6.07) is 8.13. The predicted molar refractivity (Wildman–Crippen MR) is 76.3 cm³/mol. The van der Waals surface area contributed by atoms with Gasteiger partial charge in [-0.05, 0) is 47.6 Å². The van der Waals surface area contributed by atoms with Gasteiger partial charge in [0, 0.05) is 6.42 Å². The van der Waals surface area contributed by atoms with Gasteiger partial charge in [0.15, 0.2) is 0 Å².